The predicted molar refractivity (Wildman–Crippen MR) is 127 cm³/mol. The molecule has 4 aromatic heterocycles. The van der Waals surface area contributed by atoms with Crippen LogP contribution in [-0.2, 0) is 6.54 Å². The lowest BCUT2D eigenvalue weighted by Gasteiger charge is -2.07. The van der Waals surface area contributed by atoms with Gasteiger partial charge in [-0.15, -0.1) is 0 Å². The number of nitrogens with zero attached hydrogens (tertiary/aromatic N) is 5. The minimum absolute atomic E-state index is 0.546. The van der Waals surface area contributed by atoms with E-state index in [0.717, 1.165) is 56.6 Å². The third kappa shape index (κ3) is 3.88. The van der Waals surface area contributed by atoms with Gasteiger partial charge >= 0.3 is 0 Å². The first kappa shape index (κ1) is 19.7. The Balaban J connectivity index is 1.52. The van der Waals surface area contributed by atoms with Gasteiger partial charge in [0.15, 0.2) is 5.65 Å². The molecule has 0 radical (unpaired) electrons. The van der Waals surface area contributed by atoms with Crippen LogP contribution < -0.4 is 5.32 Å². The van der Waals surface area contributed by atoms with E-state index in [1.54, 1.807) is 10.8 Å². The minimum atomic E-state index is 0.546. The van der Waals surface area contributed by atoms with Crippen LogP contribution in [-0.4, -0.2) is 29.5 Å². The first-order valence-corrected chi connectivity index (χ1v) is 10.4. The van der Waals surface area contributed by atoms with Crippen molar-refractivity contribution in [2.75, 3.05) is 5.32 Å². The Morgan fingerprint density at radius 2 is 1.97 bits per heavy atom. The Morgan fingerprint density at radius 1 is 1.09 bits per heavy atom. The zero-order valence-corrected chi connectivity index (χ0v) is 18.0. The van der Waals surface area contributed by atoms with Crippen molar-refractivity contribution >= 4 is 16.9 Å². The second-order valence-corrected chi connectivity index (χ2v) is 7.77. The van der Waals surface area contributed by atoms with E-state index in [-0.39, 0.29) is 0 Å². The number of allylic oxidation sites excluding steroid dienone is 1. The van der Waals surface area contributed by atoms with Crippen LogP contribution in [0.1, 0.15) is 24.0 Å². The summed E-state index contributed by atoms with van der Waals surface area (Å²) < 4.78 is 1.75. The highest BCUT2D eigenvalue weighted by molar-refractivity contribution is 5.77. The highest BCUT2D eigenvalue weighted by Crippen LogP contribution is 2.29. The van der Waals surface area contributed by atoms with Gasteiger partial charge in [-0.2, -0.15) is 5.10 Å². The molecule has 7 heteroatoms. The number of imidazole rings is 1. The fourth-order valence-electron chi connectivity index (χ4n) is 3.62. The molecule has 7 nitrogen and oxygen atoms in total. The highest BCUT2D eigenvalue weighted by Gasteiger charge is 2.16. The van der Waals surface area contributed by atoms with Crippen LogP contribution in [0.2, 0.25) is 0 Å². The highest BCUT2D eigenvalue weighted by atomic mass is 15.3. The summed E-state index contributed by atoms with van der Waals surface area (Å²) in [5.74, 6) is 0.817. The Hall–Kier alpha value is -4.26. The van der Waals surface area contributed by atoms with Gasteiger partial charge in [-0.3, -0.25) is 4.98 Å². The van der Waals surface area contributed by atoms with Crippen molar-refractivity contribution in [2.24, 2.45) is 0 Å². The number of nitrogens with one attached hydrogen (secondary N) is 2. The van der Waals surface area contributed by atoms with Crippen molar-refractivity contribution in [2.45, 2.75) is 20.4 Å². The molecule has 0 aliphatic rings. The van der Waals surface area contributed by atoms with Crippen molar-refractivity contribution in [1.29, 1.82) is 0 Å². The van der Waals surface area contributed by atoms with Crippen LogP contribution in [0.25, 0.3) is 33.9 Å². The van der Waals surface area contributed by atoms with Gasteiger partial charge in [0.25, 0.3) is 0 Å². The fraction of sp³-hybridized carbons (Fsp3) is 0.120. The Morgan fingerprint density at radius 3 is 2.81 bits per heavy atom. The van der Waals surface area contributed by atoms with Gasteiger partial charge in [-0.1, -0.05) is 30.4 Å². The smallest absolute Gasteiger partial charge is 0.155 e. The number of hydrogen-bond acceptors (Lipinski definition) is 5. The number of aromatic amines is 1. The maximum Gasteiger partial charge on any atom is 0.155 e. The summed E-state index contributed by atoms with van der Waals surface area (Å²) in [7, 11) is 0. The van der Waals surface area contributed by atoms with E-state index in [0.29, 0.717) is 6.54 Å². The molecule has 0 amide bonds. The van der Waals surface area contributed by atoms with Crippen LogP contribution in [0.15, 0.2) is 73.7 Å². The van der Waals surface area contributed by atoms with Crippen molar-refractivity contribution in [3.8, 4) is 22.6 Å². The molecule has 0 spiro atoms. The topological polar surface area (TPSA) is 83.8 Å². The number of anilines is 1. The average Bonchev–Trinajstić information content (AvgIpc) is 3.44. The molecule has 0 atom stereocenters. The van der Waals surface area contributed by atoms with Gasteiger partial charge in [0.05, 0.1) is 23.6 Å². The molecule has 5 rings (SSSR count). The SMILES string of the molecule is C=C(C)c1cccc(NCc2nc(-c3ccc4ncnn4c3)c(-c3cccc(C)n3)[nH]2)c1. The molecule has 0 saturated carbocycles. The fourth-order valence-corrected chi connectivity index (χ4v) is 3.62. The van der Waals surface area contributed by atoms with Crippen LogP contribution in [0, 0.1) is 6.92 Å². The summed E-state index contributed by atoms with van der Waals surface area (Å²) in [5, 5.41) is 7.71. The molecular formula is C25H23N7. The molecular weight excluding hydrogens is 398 g/mol. The van der Waals surface area contributed by atoms with Crippen LogP contribution in [0.3, 0.4) is 0 Å². The number of aryl methyl sites for hydroxylation is 1. The molecule has 0 aliphatic heterocycles. The van der Waals surface area contributed by atoms with E-state index in [1.165, 1.54) is 0 Å². The van der Waals surface area contributed by atoms with E-state index in [4.69, 9.17) is 9.97 Å². The first-order valence-electron chi connectivity index (χ1n) is 10.4. The Bertz CT molecular complexity index is 1430. The number of benzene rings is 1. The normalized spacial score (nSPS) is 11.1. The van der Waals surface area contributed by atoms with Crippen LogP contribution >= 0.6 is 0 Å². The van der Waals surface area contributed by atoms with E-state index in [9.17, 15) is 0 Å². The Kier molecular flexibility index (Phi) is 4.99. The van der Waals surface area contributed by atoms with Crippen molar-refractivity contribution in [3.63, 3.8) is 0 Å². The summed E-state index contributed by atoms with van der Waals surface area (Å²) in [6.07, 6.45) is 3.48. The zero-order chi connectivity index (χ0) is 22.1. The molecule has 158 valence electrons. The maximum atomic E-state index is 4.91. The predicted octanol–water partition coefficient (Wildman–Crippen LogP) is 5.14. The molecule has 0 saturated heterocycles. The number of fused-ring (bicyclic) bond motifs is 1. The third-order valence-electron chi connectivity index (χ3n) is 5.26. The molecule has 2 N–H and O–H groups in total. The van der Waals surface area contributed by atoms with Gasteiger partial charge in [-0.05, 0) is 55.8 Å². The van der Waals surface area contributed by atoms with Gasteiger partial charge < -0.3 is 10.3 Å². The maximum absolute atomic E-state index is 4.91. The van der Waals surface area contributed by atoms with E-state index >= 15 is 0 Å². The summed E-state index contributed by atoms with van der Waals surface area (Å²) in [6.45, 7) is 8.56. The molecule has 4 heterocycles. The van der Waals surface area contributed by atoms with E-state index < -0.39 is 0 Å². The second kappa shape index (κ2) is 8.11. The number of rotatable bonds is 6. The molecule has 32 heavy (non-hydrogen) atoms. The number of hydrogen-bond donors (Lipinski definition) is 2. The number of H-pyrrole nitrogens is 1. The Labute approximate surface area is 185 Å². The summed E-state index contributed by atoms with van der Waals surface area (Å²) >= 11 is 0. The molecule has 0 aliphatic carbocycles. The van der Waals surface area contributed by atoms with Crippen molar-refractivity contribution < 1.29 is 0 Å². The minimum Gasteiger partial charge on any atom is -0.378 e. The summed E-state index contributed by atoms with van der Waals surface area (Å²) in [5.41, 5.74) is 8.39. The molecule has 0 unspecified atom stereocenters. The van der Waals surface area contributed by atoms with Gasteiger partial charge in [-0.25, -0.2) is 14.5 Å². The largest absolute Gasteiger partial charge is 0.378 e. The van der Waals surface area contributed by atoms with Gasteiger partial charge in [0, 0.05) is 23.1 Å². The van der Waals surface area contributed by atoms with E-state index in [1.807, 2.05) is 62.5 Å². The standard InChI is InChI=1S/C25H23N7/c1-16(2)18-7-5-8-20(12-18)26-13-22-30-24(19-10-11-23-27-15-28-32(23)14-19)25(31-22)21-9-4-6-17(3)29-21/h4-12,14-15,26H,1,13H2,2-3H3,(H,30,31). The molecule has 5 aromatic rings. The average molecular weight is 422 g/mol. The number of aromatic nitrogens is 6. The summed E-state index contributed by atoms with van der Waals surface area (Å²) in [6, 6.07) is 18.1. The quantitative estimate of drug-likeness (QED) is 0.397. The monoisotopic (exact) mass is 421 g/mol. The lowest BCUT2D eigenvalue weighted by atomic mass is 10.1. The summed E-state index contributed by atoms with van der Waals surface area (Å²) in [4.78, 5) is 17.3. The van der Waals surface area contributed by atoms with Crippen LogP contribution in [0.4, 0.5) is 5.69 Å². The molecule has 1 aromatic carbocycles. The van der Waals surface area contributed by atoms with Crippen molar-refractivity contribution in [3.05, 3.63) is 90.8 Å². The first-order chi connectivity index (χ1) is 15.6. The van der Waals surface area contributed by atoms with E-state index in [2.05, 4.69) is 39.1 Å². The second-order valence-electron chi connectivity index (χ2n) is 7.77. The lowest BCUT2D eigenvalue weighted by Crippen LogP contribution is -2.01. The molecule has 0 bridgehead atoms. The number of pyridine rings is 2. The van der Waals surface area contributed by atoms with Crippen molar-refractivity contribution in [1.82, 2.24) is 29.5 Å². The lowest BCUT2D eigenvalue weighted by molar-refractivity contribution is 0.960. The van der Waals surface area contributed by atoms with Gasteiger partial charge in [0.1, 0.15) is 12.2 Å². The zero-order valence-electron chi connectivity index (χ0n) is 18.0. The molecule has 0 fully saturated rings. The van der Waals surface area contributed by atoms with Gasteiger partial charge in [0.2, 0.25) is 0 Å². The van der Waals surface area contributed by atoms with Crippen LogP contribution in [0.5, 0.6) is 0 Å². The third-order valence-corrected chi connectivity index (χ3v) is 5.26.